The van der Waals surface area contributed by atoms with Crippen LogP contribution in [0.5, 0.6) is 0 Å². The maximum Gasteiger partial charge on any atom is 0.270 e. The number of halogens is 1. The van der Waals surface area contributed by atoms with Crippen LogP contribution in [0, 0.1) is 17.0 Å². The second-order valence-electron chi connectivity index (χ2n) is 6.60. The summed E-state index contributed by atoms with van der Waals surface area (Å²) in [5.74, 6) is -0.121. The summed E-state index contributed by atoms with van der Waals surface area (Å²) in [5, 5.41) is 14.1. The Morgan fingerprint density at radius 3 is 2.61 bits per heavy atom. The zero-order chi connectivity index (χ0) is 22.1. The highest BCUT2D eigenvalue weighted by Crippen LogP contribution is 2.23. The number of benzene rings is 2. The van der Waals surface area contributed by atoms with Gasteiger partial charge in [-0.3, -0.25) is 24.3 Å². The molecule has 0 aliphatic rings. The van der Waals surface area contributed by atoms with Crippen LogP contribution in [0.4, 0.5) is 11.4 Å². The van der Waals surface area contributed by atoms with Crippen LogP contribution in [-0.2, 0) is 0 Å². The number of hydrogen-bond acceptors (Lipinski definition) is 6. The SMILES string of the molecule is Cc1nc2ncccc2c(=O)n1-c1ccc(NC(=O)c2cc([N+](=O)[O-])ccc2Cl)cc1. The minimum Gasteiger partial charge on any atom is -0.322 e. The largest absolute Gasteiger partial charge is 0.322 e. The predicted molar refractivity (Wildman–Crippen MR) is 116 cm³/mol. The molecule has 2 heterocycles. The van der Waals surface area contributed by atoms with Gasteiger partial charge in [-0.2, -0.15) is 0 Å². The monoisotopic (exact) mass is 435 g/mol. The van der Waals surface area contributed by atoms with Crippen LogP contribution in [0.1, 0.15) is 16.2 Å². The molecule has 0 fully saturated rings. The number of amides is 1. The van der Waals surface area contributed by atoms with E-state index in [0.29, 0.717) is 28.2 Å². The molecule has 0 bridgehead atoms. The number of nitrogens with zero attached hydrogens (tertiary/aromatic N) is 4. The van der Waals surface area contributed by atoms with Crippen molar-refractivity contribution in [1.82, 2.24) is 14.5 Å². The Balaban J connectivity index is 1.64. The van der Waals surface area contributed by atoms with E-state index >= 15 is 0 Å². The van der Waals surface area contributed by atoms with Crippen molar-refractivity contribution in [2.24, 2.45) is 0 Å². The first-order chi connectivity index (χ1) is 14.8. The van der Waals surface area contributed by atoms with Crippen molar-refractivity contribution in [3.63, 3.8) is 0 Å². The standard InChI is InChI=1S/C21H14ClN5O4/c1-12-24-19-16(3-2-10-23-19)21(29)26(12)14-6-4-13(5-7-14)25-20(28)17-11-15(27(30)31)8-9-18(17)22/h2-11H,1H3,(H,25,28). The lowest BCUT2D eigenvalue weighted by Gasteiger charge is -2.12. The van der Waals surface area contributed by atoms with Crippen LogP contribution in [0.25, 0.3) is 16.7 Å². The molecule has 10 heteroatoms. The summed E-state index contributed by atoms with van der Waals surface area (Å²) in [7, 11) is 0. The molecule has 2 aromatic carbocycles. The van der Waals surface area contributed by atoms with E-state index in [1.807, 2.05) is 0 Å². The number of non-ortho nitro benzene ring substituents is 1. The molecule has 0 unspecified atom stereocenters. The van der Waals surface area contributed by atoms with Crippen LogP contribution >= 0.6 is 11.6 Å². The number of fused-ring (bicyclic) bond motifs is 1. The summed E-state index contributed by atoms with van der Waals surface area (Å²) in [6, 6.07) is 13.5. The first-order valence-corrected chi connectivity index (χ1v) is 9.43. The molecular formula is C21H14ClN5O4. The normalized spacial score (nSPS) is 10.8. The molecule has 31 heavy (non-hydrogen) atoms. The smallest absolute Gasteiger partial charge is 0.270 e. The number of hydrogen-bond donors (Lipinski definition) is 1. The van der Waals surface area contributed by atoms with Crippen molar-refractivity contribution in [3.05, 3.63) is 97.7 Å². The summed E-state index contributed by atoms with van der Waals surface area (Å²) in [6.45, 7) is 1.70. The van der Waals surface area contributed by atoms with Crippen LogP contribution in [0.3, 0.4) is 0 Å². The van der Waals surface area contributed by atoms with E-state index < -0.39 is 10.8 Å². The number of aromatic nitrogens is 3. The van der Waals surface area contributed by atoms with Crippen molar-refractivity contribution >= 4 is 39.9 Å². The van der Waals surface area contributed by atoms with E-state index in [9.17, 15) is 19.7 Å². The Kier molecular flexibility index (Phi) is 5.18. The van der Waals surface area contributed by atoms with Gasteiger partial charge >= 0.3 is 0 Å². The lowest BCUT2D eigenvalue weighted by molar-refractivity contribution is -0.384. The first-order valence-electron chi connectivity index (χ1n) is 9.05. The molecule has 0 atom stereocenters. The summed E-state index contributed by atoms with van der Waals surface area (Å²) >= 11 is 6.02. The number of nitro benzene ring substituents is 1. The molecule has 4 rings (SSSR count). The molecule has 0 radical (unpaired) electrons. The van der Waals surface area contributed by atoms with Crippen LogP contribution < -0.4 is 10.9 Å². The van der Waals surface area contributed by atoms with Gasteiger partial charge in [-0.25, -0.2) is 9.97 Å². The number of nitro groups is 1. The zero-order valence-corrected chi connectivity index (χ0v) is 16.8. The predicted octanol–water partition coefficient (Wildman–Crippen LogP) is 3.90. The highest BCUT2D eigenvalue weighted by molar-refractivity contribution is 6.34. The van der Waals surface area contributed by atoms with E-state index in [4.69, 9.17) is 11.6 Å². The van der Waals surface area contributed by atoms with Crippen LogP contribution in [0.2, 0.25) is 5.02 Å². The van der Waals surface area contributed by atoms with Gasteiger partial charge in [-0.05, 0) is 49.4 Å². The summed E-state index contributed by atoms with van der Waals surface area (Å²) in [6.07, 6.45) is 1.57. The van der Waals surface area contributed by atoms with Crippen molar-refractivity contribution in [2.45, 2.75) is 6.92 Å². The third-order valence-corrected chi connectivity index (χ3v) is 4.93. The van der Waals surface area contributed by atoms with Gasteiger partial charge in [-0.15, -0.1) is 0 Å². The molecule has 4 aromatic rings. The number of nitrogens with one attached hydrogen (secondary N) is 1. The number of pyridine rings is 1. The van der Waals surface area contributed by atoms with E-state index in [1.54, 1.807) is 49.5 Å². The number of anilines is 1. The second kappa shape index (κ2) is 7.96. The summed E-state index contributed by atoms with van der Waals surface area (Å²) < 4.78 is 1.45. The Labute approximate surface area is 180 Å². The molecule has 0 spiro atoms. The minimum absolute atomic E-state index is 0.0155. The van der Waals surface area contributed by atoms with Gasteiger partial charge in [0.1, 0.15) is 5.82 Å². The van der Waals surface area contributed by atoms with Gasteiger partial charge in [0.15, 0.2) is 5.65 Å². The quantitative estimate of drug-likeness (QED) is 0.383. The van der Waals surface area contributed by atoms with E-state index in [-0.39, 0.29) is 21.8 Å². The highest BCUT2D eigenvalue weighted by Gasteiger charge is 2.16. The fourth-order valence-electron chi connectivity index (χ4n) is 3.12. The van der Waals surface area contributed by atoms with Crippen molar-refractivity contribution < 1.29 is 9.72 Å². The number of carbonyl (C=O) groups excluding carboxylic acids is 1. The molecular weight excluding hydrogens is 422 g/mol. The summed E-state index contributed by atoms with van der Waals surface area (Å²) in [4.78, 5) is 44.2. The van der Waals surface area contributed by atoms with Gasteiger partial charge in [-0.1, -0.05) is 11.6 Å². The molecule has 1 N–H and O–H groups in total. The van der Waals surface area contributed by atoms with Crippen LogP contribution in [0.15, 0.2) is 65.6 Å². The Morgan fingerprint density at radius 2 is 1.90 bits per heavy atom. The van der Waals surface area contributed by atoms with Gasteiger partial charge < -0.3 is 5.32 Å². The Bertz CT molecular complexity index is 1400. The Hall–Kier alpha value is -4.11. The first kappa shape index (κ1) is 20.2. The molecule has 0 saturated carbocycles. The molecule has 0 aliphatic heterocycles. The highest BCUT2D eigenvalue weighted by atomic mass is 35.5. The molecule has 154 valence electrons. The van der Waals surface area contributed by atoms with Gasteiger partial charge in [0, 0.05) is 24.0 Å². The van der Waals surface area contributed by atoms with Crippen molar-refractivity contribution in [1.29, 1.82) is 0 Å². The zero-order valence-electron chi connectivity index (χ0n) is 16.1. The molecule has 2 aromatic heterocycles. The van der Waals surface area contributed by atoms with Gasteiger partial charge in [0.05, 0.1) is 26.6 Å². The van der Waals surface area contributed by atoms with Gasteiger partial charge in [0.2, 0.25) is 0 Å². The fourth-order valence-corrected chi connectivity index (χ4v) is 3.32. The lowest BCUT2D eigenvalue weighted by atomic mass is 10.1. The third kappa shape index (κ3) is 3.86. The fraction of sp³-hybridized carbons (Fsp3) is 0.0476. The molecule has 0 aliphatic carbocycles. The number of aryl methyl sites for hydroxylation is 1. The van der Waals surface area contributed by atoms with E-state index in [1.165, 1.54) is 16.7 Å². The summed E-state index contributed by atoms with van der Waals surface area (Å²) in [5.41, 5.74) is 0.857. The Morgan fingerprint density at radius 1 is 1.16 bits per heavy atom. The minimum atomic E-state index is -0.602. The molecule has 9 nitrogen and oxygen atoms in total. The van der Waals surface area contributed by atoms with E-state index in [0.717, 1.165) is 6.07 Å². The van der Waals surface area contributed by atoms with Crippen molar-refractivity contribution in [3.8, 4) is 5.69 Å². The second-order valence-corrected chi connectivity index (χ2v) is 7.00. The molecule has 0 saturated heterocycles. The maximum atomic E-state index is 12.9. The number of rotatable bonds is 4. The van der Waals surface area contributed by atoms with Crippen LogP contribution in [-0.4, -0.2) is 25.4 Å². The maximum absolute atomic E-state index is 12.9. The molecule has 1 amide bonds. The average molecular weight is 436 g/mol. The van der Waals surface area contributed by atoms with Gasteiger partial charge in [0.25, 0.3) is 17.2 Å². The topological polar surface area (TPSA) is 120 Å². The lowest BCUT2D eigenvalue weighted by Crippen LogP contribution is -2.22. The average Bonchev–Trinajstić information content (AvgIpc) is 2.75. The third-order valence-electron chi connectivity index (χ3n) is 4.60. The van der Waals surface area contributed by atoms with E-state index in [2.05, 4.69) is 15.3 Å². The number of carbonyl (C=O) groups is 1. The van der Waals surface area contributed by atoms with Crippen molar-refractivity contribution in [2.75, 3.05) is 5.32 Å².